The number of hydrogen-bond donors (Lipinski definition) is 1. The number of nitrogens with one attached hydrogen (secondary N) is 1. The minimum atomic E-state index is -0.151. The summed E-state index contributed by atoms with van der Waals surface area (Å²) < 4.78 is 2.88. The van der Waals surface area contributed by atoms with E-state index in [1.165, 1.54) is 4.68 Å². The lowest BCUT2D eigenvalue weighted by molar-refractivity contribution is 0.726. The molecule has 0 radical (unpaired) electrons. The SMILES string of the molecule is CCNc1nn(C)c(=O)n1-c1ccccc1. The monoisotopic (exact) mass is 218 g/mol. The van der Waals surface area contributed by atoms with Crippen molar-refractivity contribution >= 4 is 5.95 Å². The molecular formula is C11H14N4O. The summed E-state index contributed by atoms with van der Waals surface area (Å²) in [4.78, 5) is 11.9. The Morgan fingerprint density at radius 3 is 2.62 bits per heavy atom. The standard InChI is InChI=1S/C11H14N4O/c1-3-12-10-13-14(2)11(16)15(10)9-7-5-4-6-8-9/h4-8H,3H2,1-2H3,(H,12,13). The van der Waals surface area contributed by atoms with Crippen LogP contribution in [-0.2, 0) is 7.05 Å². The van der Waals surface area contributed by atoms with Gasteiger partial charge in [0.15, 0.2) is 0 Å². The maximum absolute atomic E-state index is 11.9. The summed E-state index contributed by atoms with van der Waals surface area (Å²) in [6.45, 7) is 2.69. The summed E-state index contributed by atoms with van der Waals surface area (Å²) in [7, 11) is 1.64. The number of nitrogens with zero attached hydrogens (tertiary/aromatic N) is 3. The minimum absolute atomic E-state index is 0.151. The summed E-state index contributed by atoms with van der Waals surface area (Å²) >= 11 is 0. The Morgan fingerprint density at radius 2 is 2.00 bits per heavy atom. The summed E-state index contributed by atoms with van der Waals surface area (Å²) in [5.41, 5.74) is 0.665. The van der Waals surface area contributed by atoms with Crippen LogP contribution in [-0.4, -0.2) is 20.9 Å². The van der Waals surface area contributed by atoms with Crippen molar-refractivity contribution in [1.82, 2.24) is 14.3 Å². The largest absolute Gasteiger partial charge is 0.354 e. The van der Waals surface area contributed by atoms with Crippen molar-refractivity contribution in [2.45, 2.75) is 6.92 Å². The van der Waals surface area contributed by atoms with Gasteiger partial charge in [-0.2, -0.15) is 0 Å². The third-order valence-corrected chi connectivity index (χ3v) is 2.27. The van der Waals surface area contributed by atoms with E-state index >= 15 is 0 Å². The molecule has 0 aliphatic carbocycles. The second-order valence-electron chi connectivity index (χ2n) is 3.43. The van der Waals surface area contributed by atoms with Crippen LogP contribution in [0.3, 0.4) is 0 Å². The van der Waals surface area contributed by atoms with E-state index in [-0.39, 0.29) is 5.69 Å². The normalized spacial score (nSPS) is 10.4. The van der Waals surface area contributed by atoms with E-state index in [0.717, 1.165) is 12.2 Å². The van der Waals surface area contributed by atoms with E-state index < -0.39 is 0 Å². The Morgan fingerprint density at radius 1 is 1.31 bits per heavy atom. The van der Waals surface area contributed by atoms with Crippen LogP contribution in [0, 0.1) is 0 Å². The second-order valence-corrected chi connectivity index (χ2v) is 3.43. The number of para-hydroxylation sites is 1. The molecule has 0 saturated heterocycles. The highest BCUT2D eigenvalue weighted by atomic mass is 16.2. The van der Waals surface area contributed by atoms with Gasteiger partial charge in [0, 0.05) is 13.6 Å². The number of benzene rings is 1. The van der Waals surface area contributed by atoms with E-state index in [9.17, 15) is 4.79 Å². The molecule has 1 aromatic heterocycles. The molecule has 0 bridgehead atoms. The third-order valence-electron chi connectivity index (χ3n) is 2.27. The first-order chi connectivity index (χ1) is 7.74. The molecule has 16 heavy (non-hydrogen) atoms. The molecule has 0 fully saturated rings. The average molecular weight is 218 g/mol. The predicted octanol–water partition coefficient (Wildman–Crippen LogP) is 1.00. The molecule has 1 N–H and O–H groups in total. The van der Waals surface area contributed by atoms with Crippen molar-refractivity contribution in [1.29, 1.82) is 0 Å². The van der Waals surface area contributed by atoms with Gasteiger partial charge in [0.2, 0.25) is 5.95 Å². The molecule has 84 valence electrons. The second kappa shape index (κ2) is 4.22. The van der Waals surface area contributed by atoms with Crippen LogP contribution in [0.4, 0.5) is 5.95 Å². The van der Waals surface area contributed by atoms with E-state index in [4.69, 9.17) is 0 Å². The first-order valence-electron chi connectivity index (χ1n) is 5.19. The molecule has 0 atom stereocenters. The van der Waals surface area contributed by atoms with Gasteiger partial charge < -0.3 is 5.32 Å². The maximum Gasteiger partial charge on any atom is 0.351 e. The van der Waals surface area contributed by atoms with Crippen molar-refractivity contribution < 1.29 is 0 Å². The smallest absolute Gasteiger partial charge is 0.351 e. The van der Waals surface area contributed by atoms with E-state index in [1.807, 2.05) is 37.3 Å². The lowest BCUT2D eigenvalue weighted by atomic mass is 10.3. The Labute approximate surface area is 93.3 Å². The zero-order valence-electron chi connectivity index (χ0n) is 9.34. The fraction of sp³-hybridized carbons (Fsp3) is 0.273. The quantitative estimate of drug-likeness (QED) is 0.836. The van der Waals surface area contributed by atoms with Crippen molar-refractivity contribution in [2.75, 3.05) is 11.9 Å². The molecular weight excluding hydrogens is 204 g/mol. The summed E-state index contributed by atoms with van der Waals surface area (Å²) in [6.07, 6.45) is 0. The highest BCUT2D eigenvalue weighted by Gasteiger charge is 2.11. The van der Waals surface area contributed by atoms with Gasteiger partial charge in [-0.1, -0.05) is 18.2 Å². The summed E-state index contributed by atoms with van der Waals surface area (Å²) in [5.74, 6) is 0.571. The predicted molar refractivity (Wildman–Crippen MR) is 63.0 cm³/mol. The van der Waals surface area contributed by atoms with Crippen molar-refractivity contribution in [3.63, 3.8) is 0 Å². The molecule has 0 aliphatic rings. The molecule has 0 spiro atoms. The van der Waals surface area contributed by atoms with Crippen molar-refractivity contribution in [2.24, 2.45) is 7.05 Å². The van der Waals surface area contributed by atoms with Gasteiger partial charge in [0.1, 0.15) is 0 Å². The molecule has 0 aliphatic heterocycles. The van der Waals surface area contributed by atoms with Crippen LogP contribution >= 0.6 is 0 Å². The van der Waals surface area contributed by atoms with Gasteiger partial charge >= 0.3 is 5.69 Å². The van der Waals surface area contributed by atoms with Crippen molar-refractivity contribution in [3.8, 4) is 5.69 Å². The average Bonchev–Trinajstić information content (AvgIpc) is 2.57. The fourth-order valence-electron chi connectivity index (χ4n) is 1.55. The van der Waals surface area contributed by atoms with E-state index in [2.05, 4.69) is 10.4 Å². The zero-order valence-corrected chi connectivity index (χ0v) is 9.34. The molecule has 2 aromatic rings. The summed E-state index contributed by atoms with van der Waals surface area (Å²) in [5, 5.41) is 7.20. The van der Waals surface area contributed by atoms with Crippen LogP contribution in [0.15, 0.2) is 35.1 Å². The van der Waals surface area contributed by atoms with Gasteiger partial charge in [-0.15, -0.1) is 5.10 Å². The number of aryl methyl sites for hydroxylation is 1. The van der Waals surface area contributed by atoms with Crippen LogP contribution in [0.2, 0.25) is 0 Å². The zero-order chi connectivity index (χ0) is 11.5. The van der Waals surface area contributed by atoms with Crippen molar-refractivity contribution in [3.05, 3.63) is 40.8 Å². The lowest BCUT2D eigenvalue weighted by Crippen LogP contribution is -2.22. The van der Waals surface area contributed by atoms with Crippen LogP contribution < -0.4 is 11.0 Å². The molecule has 1 aromatic carbocycles. The molecule has 0 amide bonds. The van der Waals surface area contributed by atoms with Crippen LogP contribution in [0.5, 0.6) is 0 Å². The number of rotatable bonds is 3. The highest BCUT2D eigenvalue weighted by molar-refractivity contribution is 5.40. The molecule has 5 heteroatoms. The van der Waals surface area contributed by atoms with Crippen LogP contribution in [0.1, 0.15) is 6.92 Å². The Kier molecular flexibility index (Phi) is 2.76. The number of hydrogen-bond acceptors (Lipinski definition) is 3. The highest BCUT2D eigenvalue weighted by Crippen LogP contribution is 2.09. The Bertz CT molecular complexity index is 527. The van der Waals surface area contributed by atoms with Gasteiger partial charge in [-0.05, 0) is 19.1 Å². The Hall–Kier alpha value is -2.04. The lowest BCUT2D eigenvalue weighted by Gasteiger charge is -2.05. The molecule has 5 nitrogen and oxygen atoms in total. The van der Waals surface area contributed by atoms with Gasteiger partial charge in [0.25, 0.3) is 0 Å². The topological polar surface area (TPSA) is 51.9 Å². The van der Waals surface area contributed by atoms with Crippen LogP contribution in [0.25, 0.3) is 5.69 Å². The number of anilines is 1. The first-order valence-corrected chi connectivity index (χ1v) is 5.19. The fourth-order valence-corrected chi connectivity index (χ4v) is 1.55. The van der Waals surface area contributed by atoms with E-state index in [1.54, 1.807) is 11.6 Å². The summed E-state index contributed by atoms with van der Waals surface area (Å²) in [6, 6.07) is 9.46. The first kappa shape index (κ1) is 10.5. The molecule has 0 saturated carbocycles. The molecule has 1 heterocycles. The maximum atomic E-state index is 11.9. The number of aromatic nitrogens is 3. The third kappa shape index (κ3) is 1.71. The van der Waals surface area contributed by atoms with Gasteiger partial charge in [0.05, 0.1) is 5.69 Å². The molecule has 2 rings (SSSR count). The molecule has 0 unspecified atom stereocenters. The van der Waals surface area contributed by atoms with E-state index in [0.29, 0.717) is 5.95 Å². The Balaban J connectivity index is 2.59. The van der Waals surface area contributed by atoms with Gasteiger partial charge in [-0.3, -0.25) is 0 Å². The minimum Gasteiger partial charge on any atom is -0.354 e. The van der Waals surface area contributed by atoms with Gasteiger partial charge in [-0.25, -0.2) is 14.0 Å².